The van der Waals surface area contributed by atoms with E-state index in [2.05, 4.69) is 5.32 Å². The first-order chi connectivity index (χ1) is 7.13. The molecule has 0 unspecified atom stereocenters. The van der Waals surface area contributed by atoms with E-state index in [4.69, 9.17) is 5.11 Å². The minimum absolute atomic E-state index is 0.0486. The number of rotatable bonds is 3. The topological polar surface area (TPSA) is 52.6 Å². The maximum absolute atomic E-state index is 11.6. The Hall–Kier alpha value is -0.770. The normalized spacial score (nSPS) is 18.3. The third kappa shape index (κ3) is 4.08. The van der Waals surface area contributed by atoms with Crippen LogP contribution in [0.3, 0.4) is 0 Å². The van der Waals surface area contributed by atoms with Crippen molar-refractivity contribution < 1.29 is 9.90 Å². The lowest BCUT2D eigenvalue weighted by molar-refractivity contribution is 0.156. The zero-order chi connectivity index (χ0) is 11.3. The fraction of sp³-hybridized carbons (Fsp3) is 0.909. The molecule has 2 N–H and O–H groups in total. The molecule has 4 nitrogen and oxygen atoms in total. The van der Waals surface area contributed by atoms with Gasteiger partial charge in [0, 0.05) is 25.7 Å². The number of nitrogens with zero attached hydrogens (tertiary/aromatic N) is 1. The molecule has 0 aromatic heterocycles. The Morgan fingerprint density at radius 3 is 2.53 bits per heavy atom. The van der Waals surface area contributed by atoms with Crippen molar-refractivity contribution in [3.05, 3.63) is 0 Å². The number of carbonyl (C=O) groups excluding carboxylic acids is 1. The lowest BCUT2D eigenvalue weighted by Crippen LogP contribution is -2.46. The molecule has 1 heterocycles. The Morgan fingerprint density at radius 2 is 2.07 bits per heavy atom. The largest absolute Gasteiger partial charge is 0.396 e. The molecule has 1 aliphatic rings. The van der Waals surface area contributed by atoms with E-state index in [0.717, 1.165) is 32.4 Å². The number of aliphatic hydroxyl groups is 1. The summed E-state index contributed by atoms with van der Waals surface area (Å²) < 4.78 is 0. The number of aliphatic hydroxyl groups excluding tert-OH is 1. The van der Waals surface area contributed by atoms with Crippen LogP contribution in [0, 0.1) is 5.92 Å². The van der Waals surface area contributed by atoms with E-state index in [1.165, 1.54) is 0 Å². The Morgan fingerprint density at radius 1 is 1.47 bits per heavy atom. The van der Waals surface area contributed by atoms with Gasteiger partial charge in [0.15, 0.2) is 0 Å². The van der Waals surface area contributed by atoms with E-state index in [0.29, 0.717) is 5.92 Å². The number of hydrogen-bond acceptors (Lipinski definition) is 2. The van der Waals surface area contributed by atoms with Gasteiger partial charge in [0.25, 0.3) is 0 Å². The third-order valence-electron chi connectivity index (χ3n) is 2.85. The second-order valence-electron chi connectivity index (χ2n) is 4.55. The highest BCUT2D eigenvalue weighted by atomic mass is 16.3. The van der Waals surface area contributed by atoms with Crippen molar-refractivity contribution >= 4 is 6.03 Å². The van der Waals surface area contributed by atoms with E-state index in [9.17, 15) is 4.79 Å². The second-order valence-corrected chi connectivity index (χ2v) is 4.55. The van der Waals surface area contributed by atoms with Crippen LogP contribution < -0.4 is 5.32 Å². The molecular weight excluding hydrogens is 192 g/mol. The van der Waals surface area contributed by atoms with Gasteiger partial charge in [-0.3, -0.25) is 0 Å². The standard InChI is InChI=1S/C11H22N2O2/c1-9(2)12-11(15)13-6-3-10(4-7-13)5-8-14/h9-10,14H,3-8H2,1-2H3,(H,12,15). The number of carbonyl (C=O) groups is 1. The predicted octanol–water partition coefficient (Wildman–Crippen LogP) is 1.20. The number of likely N-dealkylation sites (tertiary alicyclic amines) is 1. The van der Waals surface area contributed by atoms with Crippen LogP contribution in [0.4, 0.5) is 4.79 Å². The Balaban J connectivity index is 2.27. The summed E-state index contributed by atoms with van der Waals surface area (Å²) in [6.07, 6.45) is 2.91. The van der Waals surface area contributed by atoms with Crippen LogP contribution in [-0.4, -0.2) is 41.8 Å². The zero-order valence-electron chi connectivity index (χ0n) is 9.70. The summed E-state index contributed by atoms with van der Waals surface area (Å²) in [7, 11) is 0. The number of piperidine rings is 1. The van der Waals surface area contributed by atoms with Crippen molar-refractivity contribution in [2.75, 3.05) is 19.7 Å². The van der Waals surface area contributed by atoms with Crippen molar-refractivity contribution in [2.24, 2.45) is 5.92 Å². The predicted molar refractivity (Wildman–Crippen MR) is 59.7 cm³/mol. The molecule has 1 aliphatic heterocycles. The van der Waals surface area contributed by atoms with Gasteiger partial charge in [0.05, 0.1) is 0 Å². The van der Waals surface area contributed by atoms with Gasteiger partial charge in [-0.1, -0.05) is 0 Å². The molecule has 0 spiro atoms. The highest BCUT2D eigenvalue weighted by molar-refractivity contribution is 5.74. The Bertz CT molecular complexity index is 199. The fourth-order valence-corrected chi connectivity index (χ4v) is 1.95. The summed E-state index contributed by atoms with van der Waals surface area (Å²) in [4.78, 5) is 13.5. The van der Waals surface area contributed by atoms with Crippen molar-refractivity contribution in [3.8, 4) is 0 Å². The molecule has 2 amide bonds. The molecular formula is C11H22N2O2. The monoisotopic (exact) mass is 214 g/mol. The third-order valence-corrected chi connectivity index (χ3v) is 2.85. The van der Waals surface area contributed by atoms with E-state index in [-0.39, 0.29) is 18.7 Å². The molecule has 4 heteroatoms. The van der Waals surface area contributed by atoms with Crippen molar-refractivity contribution in [1.29, 1.82) is 0 Å². The van der Waals surface area contributed by atoms with Crippen LogP contribution in [0.2, 0.25) is 0 Å². The molecule has 0 bridgehead atoms. The first-order valence-corrected chi connectivity index (χ1v) is 5.79. The molecule has 88 valence electrons. The maximum atomic E-state index is 11.6. The lowest BCUT2D eigenvalue weighted by atomic mass is 9.94. The summed E-state index contributed by atoms with van der Waals surface area (Å²) in [5.74, 6) is 0.595. The van der Waals surface area contributed by atoms with Gasteiger partial charge < -0.3 is 15.3 Å². The number of nitrogens with one attached hydrogen (secondary N) is 1. The summed E-state index contributed by atoms with van der Waals surface area (Å²) >= 11 is 0. The molecule has 1 saturated heterocycles. The van der Waals surface area contributed by atoms with E-state index in [1.54, 1.807) is 0 Å². The van der Waals surface area contributed by atoms with E-state index in [1.807, 2.05) is 18.7 Å². The lowest BCUT2D eigenvalue weighted by Gasteiger charge is -2.32. The minimum Gasteiger partial charge on any atom is -0.396 e. The molecule has 0 aromatic rings. The van der Waals surface area contributed by atoms with Crippen LogP contribution in [0.25, 0.3) is 0 Å². The molecule has 0 radical (unpaired) electrons. The van der Waals surface area contributed by atoms with Gasteiger partial charge in [-0.15, -0.1) is 0 Å². The zero-order valence-corrected chi connectivity index (χ0v) is 9.70. The smallest absolute Gasteiger partial charge is 0.317 e. The second kappa shape index (κ2) is 5.95. The van der Waals surface area contributed by atoms with Crippen LogP contribution in [-0.2, 0) is 0 Å². The van der Waals surface area contributed by atoms with Gasteiger partial charge in [0.1, 0.15) is 0 Å². The van der Waals surface area contributed by atoms with Crippen molar-refractivity contribution in [1.82, 2.24) is 10.2 Å². The number of amides is 2. The SMILES string of the molecule is CC(C)NC(=O)N1CCC(CCO)CC1. The molecule has 0 saturated carbocycles. The highest BCUT2D eigenvalue weighted by Crippen LogP contribution is 2.19. The molecule has 1 rings (SSSR count). The number of urea groups is 1. The maximum Gasteiger partial charge on any atom is 0.317 e. The first kappa shape index (κ1) is 12.3. The molecule has 15 heavy (non-hydrogen) atoms. The summed E-state index contributed by atoms with van der Waals surface area (Å²) in [5.41, 5.74) is 0. The highest BCUT2D eigenvalue weighted by Gasteiger charge is 2.22. The minimum atomic E-state index is 0.0486. The molecule has 0 aromatic carbocycles. The Kier molecular flexibility index (Phi) is 4.88. The van der Waals surface area contributed by atoms with Crippen molar-refractivity contribution in [2.45, 2.75) is 39.2 Å². The van der Waals surface area contributed by atoms with Gasteiger partial charge in [-0.25, -0.2) is 4.79 Å². The van der Waals surface area contributed by atoms with E-state index >= 15 is 0 Å². The van der Waals surface area contributed by atoms with E-state index < -0.39 is 0 Å². The van der Waals surface area contributed by atoms with Gasteiger partial charge in [-0.2, -0.15) is 0 Å². The number of hydrogen-bond donors (Lipinski definition) is 2. The quantitative estimate of drug-likeness (QED) is 0.741. The molecule has 1 fully saturated rings. The molecule has 0 atom stereocenters. The molecule has 0 aliphatic carbocycles. The van der Waals surface area contributed by atoms with Gasteiger partial charge in [-0.05, 0) is 39.0 Å². The van der Waals surface area contributed by atoms with Crippen LogP contribution in [0.5, 0.6) is 0 Å². The summed E-state index contributed by atoms with van der Waals surface area (Å²) in [6, 6.07) is 0.250. The average molecular weight is 214 g/mol. The fourth-order valence-electron chi connectivity index (χ4n) is 1.95. The average Bonchev–Trinajstić information content (AvgIpc) is 2.18. The van der Waals surface area contributed by atoms with Gasteiger partial charge in [0.2, 0.25) is 0 Å². The summed E-state index contributed by atoms with van der Waals surface area (Å²) in [6.45, 7) is 5.85. The van der Waals surface area contributed by atoms with Crippen LogP contribution in [0.15, 0.2) is 0 Å². The first-order valence-electron chi connectivity index (χ1n) is 5.79. The van der Waals surface area contributed by atoms with Gasteiger partial charge >= 0.3 is 6.03 Å². The van der Waals surface area contributed by atoms with Crippen LogP contribution >= 0.6 is 0 Å². The summed E-state index contributed by atoms with van der Waals surface area (Å²) in [5, 5.41) is 11.7. The Labute approximate surface area is 91.6 Å². The van der Waals surface area contributed by atoms with Crippen molar-refractivity contribution in [3.63, 3.8) is 0 Å². The van der Waals surface area contributed by atoms with Crippen LogP contribution in [0.1, 0.15) is 33.1 Å².